The molecule has 0 aliphatic carbocycles. The zero-order valence-electron chi connectivity index (χ0n) is 34.3. The minimum atomic E-state index is -4.64. The summed E-state index contributed by atoms with van der Waals surface area (Å²) in [6, 6.07) is 0. The van der Waals surface area contributed by atoms with Gasteiger partial charge in [-0.3, -0.25) is 14.2 Å². The van der Waals surface area contributed by atoms with Gasteiger partial charge in [-0.25, -0.2) is 0 Å². The summed E-state index contributed by atoms with van der Waals surface area (Å²) in [5.74, 6) is -0.887. The second-order valence-corrected chi connectivity index (χ2v) is 16.6. The fraction of sp³-hybridized carbons (Fsp3) is 0.810. The van der Waals surface area contributed by atoms with Crippen LogP contribution in [0.15, 0.2) is 36.5 Å². The Kier molecular flexibility index (Phi) is 33.5. The molecule has 10 nitrogen and oxygen atoms in total. The zero-order chi connectivity index (χ0) is 39.5. The minimum Gasteiger partial charge on any atom is -0.756 e. The van der Waals surface area contributed by atoms with Crippen LogP contribution in [0.1, 0.15) is 162 Å². The number of unbranched alkanes of at least 4 members (excludes halogenated alkanes) is 17. The molecule has 0 bridgehead atoms. The molecule has 53 heavy (non-hydrogen) atoms. The van der Waals surface area contributed by atoms with Crippen molar-refractivity contribution in [2.45, 2.75) is 174 Å². The van der Waals surface area contributed by atoms with Gasteiger partial charge in [0, 0.05) is 12.8 Å². The first-order chi connectivity index (χ1) is 25.4. The summed E-state index contributed by atoms with van der Waals surface area (Å²) in [6.07, 6.45) is 33.5. The van der Waals surface area contributed by atoms with Crippen LogP contribution in [0.5, 0.6) is 0 Å². The van der Waals surface area contributed by atoms with Gasteiger partial charge in [0.15, 0.2) is 6.10 Å². The summed E-state index contributed by atoms with van der Waals surface area (Å²) in [4.78, 5) is 37.4. The maximum absolute atomic E-state index is 12.6. The van der Waals surface area contributed by atoms with Crippen LogP contribution < -0.4 is 4.89 Å². The van der Waals surface area contributed by atoms with Crippen LogP contribution >= 0.6 is 7.82 Å². The van der Waals surface area contributed by atoms with Crippen molar-refractivity contribution in [1.29, 1.82) is 0 Å². The predicted octanol–water partition coefficient (Wildman–Crippen LogP) is 9.69. The largest absolute Gasteiger partial charge is 0.756 e. The normalized spacial score (nSPS) is 14.6. The predicted molar refractivity (Wildman–Crippen MR) is 214 cm³/mol. The van der Waals surface area contributed by atoms with E-state index in [0.29, 0.717) is 23.9 Å². The lowest BCUT2D eigenvalue weighted by atomic mass is 10.0. The average molecular weight is 772 g/mol. The molecule has 3 atom stereocenters. The first kappa shape index (κ1) is 51.2. The molecule has 0 aliphatic rings. The van der Waals surface area contributed by atoms with Gasteiger partial charge in [-0.15, -0.1) is 0 Å². The van der Waals surface area contributed by atoms with E-state index in [1.807, 2.05) is 45.4 Å². The Labute approximate surface area is 324 Å². The maximum atomic E-state index is 12.6. The molecule has 0 heterocycles. The summed E-state index contributed by atoms with van der Waals surface area (Å²) < 4.78 is 33.8. The summed E-state index contributed by atoms with van der Waals surface area (Å²) in [6.45, 7) is 3.96. The van der Waals surface area contributed by atoms with E-state index >= 15 is 0 Å². The molecule has 0 spiro atoms. The Hall–Kier alpha value is -1.81. The van der Waals surface area contributed by atoms with Crippen molar-refractivity contribution in [3.8, 4) is 0 Å². The van der Waals surface area contributed by atoms with E-state index in [9.17, 15) is 24.2 Å². The van der Waals surface area contributed by atoms with Gasteiger partial charge in [0.05, 0.1) is 33.9 Å². The Morgan fingerprint density at radius 1 is 0.698 bits per heavy atom. The quantitative estimate of drug-likeness (QED) is 0.0164. The molecule has 0 aromatic heterocycles. The van der Waals surface area contributed by atoms with E-state index in [1.165, 1.54) is 64.2 Å². The molecule has 0 fully saturated rings. The minimum absolute atomic E-state index is 0.0441. The van der Waals surface area contributed by atoms with E-state index in [-0.39, 0.29) is 26.1 Å². The highest BCUT2D eigenvalue weighted by Crippen LogP contribution is 2.38. The van der Waals surface area contributed by atoms with Gasteiger partial charge in [0.25, 0.3) is 7.82 Å². The fourth-order valence-corrected chi connectivity index (χ4v) is 6.18. The number of aliphatic hydroxyl groups excluding tert-OH is 1. The fourth-order valence-electron chi connectivity index (χ4n) is 5.45. The van der Waals surface area contributed by atoms with E-state index in [0.717, 1.165) is 57.8 Å². The van der Waals surface area contributed by atoms with Gasteiger partial charge >= 0.3 is 11.9 Å². The van der Waals surface area contributed by atoms with Crippen LogP contribution in [-0.2, 0) is 32.7 Å². The Morgan fingerprint density at radius 2 is 1.25 bits per heavy atom. The third-order valence-electron chi connectivity index (χ3n) is 8.75. The number of allylic oxidation sites excluding steroid dienone is 4. The molecule has 310 valence electrons. The van der Waals surface area contributed by atoms with E-state index < -0.39 is 38.6 Å². The monoisotopic (exact) mass is 772 g/mol. The highest BCUT2D eigenvalue weighted by molar-refractivity contribution is 7.45. The SMILES string of the molecule is CC/C=C/CC(O)/C=C/C=C/CCCCCCCC(=O)OC(COC(=O)CCCCCCCCCCCCCCC)COP(=O)([O-])OCC[N+](C)(C)C. The molecule has 0 amide bonds. The highest BCUT2D eigenvalue weighted by atomic mass is 31.2. The molecule has 3 unspecified atom stereocenters. The second kappa shape index (κ2) is 34.7. The van der Waals surface area contributed by atoms with E-state index in [2.05, 4.69) is 19.9 Å². The van der Waals surface area contributed by atoms with Crippen LogP contribution in [0.2, 0.25) is 0 Å². The zero-order valence-corrected chi connectivity index (χ0v) is 35.2. The standard InChI is InChI=1S/C42H78NO9P/c1-6-8-10-11-12-13-14-15-16-19-22-25-29-33-41(45)49-37-40(38-51-53(47,48)50-36-35-43(3,4)5)52-42(46)34-30-26-23-20-17-18-21-24-28-32-39(44)31-27-9-7-2/h9,21,24,27-28,32,39-40,44H,6-8,10-20,22-23,25-26,29-31,33-38H2,1-5H3/b24-21+,27-9+,32-28+. The number of carbonyl (C=O) groups is 2. The molecule has 11 heteroatoms. The molecular weight excluding hydrogens is 693 g/mol. The van der Waals surface area contributed by atoms with Crippen molar-refractivity contribution in [2.75, 3.05) is 47.5 Å². The van der Waals surface area contributed by atoms with Gasteiger partial charge in [0.2, 0.25) is 0 Å². The van der Waals surface area contributed by atoms with Gasteiger partial charge in [-0.2, -0.15) is 0 Å². The lowest BCUT2D eigenvalue weighted by Crippen LogP contribution is -2.37. The number of ether oxygens (including phenoxy) is 2. The average Bonchev–Trinajstić information content (AvgIpc) is 3.09. The number of likely N-dealkylation sites (N-methyl/N-ethyl adjacent to an activating group) is 1. The summed E-state index contributed by atoms with van der Waals surface area (Å²) in [5.41, 5.74) is 0. The number of aliphatic hydroxyl groups is 1. The lowest BCUT2D eigenvalue weighted by molar-refractivity contribution is -0.870. The molecule has 1 N–H and O–H groups in total. The maximum Gasteiger partial charge on any atom is 0.306 e. The number of phosphoric acid groups is 1. The van der Waals surface area contributed by atoms with Gasteiger partial charge in [-0.1, -0.05) is 147 Å². The van der Waals surface area contributed by atoms with Crippen LogP contribution in [0, 0.1) is 0 Å². The van der Waals surface area contributed by atoms with Crippen molar-refractivity contribution in [2.24, 2.45) is 0 Å². The van der Waals surface area contributed by atoms with Crippen LogP contribution in [0.3, 0.4) is 0 Å². The number of carbonyl (C=O) groups excluding carboxylic acids is 2. The van der Waals surface area contributed by atoms with Crippen molar-refractivity contribution in [3.05, 3.63) is 36.5 Å². The lowest BCUT2D eigenvalue weighted by Gasteiger charge is -2.28. The van der Waals surface area contributed by atoms with Gasteiger partial charge in [0.1, 0.15) is 19.8 Å². The van der Waals surface area contributed by atoms with Crippen LogP contribution in [0.4, 0.5) is 0 Å². The van der Waals surface area contributed by atoms with Gasteiger partial charge in [-0.05, 0) is 38.5 Å². The molecular formula is C42H78NO9P. The second-order valence-electron chi connectivity index (χ2n) is 15.2. The molecule has 0 saturated carbocycles. The number of hydrogen-bond donors (Lipinski definition) is 1. The van der Waals surface area contributed by atoms with Crippen molar-refractivity contribution in [1.82, 2.24) is 0 Å². The molecule has 0 saturated heterocycles. The van der Waals surface area contributed by atoms with Crippen molar-refractivity contribution < 1.29 is 47.2 Å². The van der Waals surface area contributed by atoms with Crippen LogP contribution in [-0.4, -0.2) is 81.2 Å². The van der Waals surface area contributed by atoms with E-state index in [1.54, 1.807) is 6.08 Å². The van der Waals surface area contributed by atoms with Gasteiger partial charge < -0.3 is 33.0 Å². The third kappa shape index (κ3) is 38.3. The van der Waals surface area contributed by atoms with E-state index in [4.69, 9.17) is 18.5 Å². The Balaban J connectivity index is 4.46. The molecule has 0 rings (SSSR count). The smallest absolute Gasteiger partial charge is 0.306 e. The Morgan fingerprint density at radius 3 is 1.81 bits per heavy atom. The molecule has 0 aromatic carbocycles. The highest BCUT2D eigenvalue weighted by Gasteiger charge is 2.21. The number of esters is 2. The number of quaternary nitrogens is 1. The summed E-state index contributed by atoms with van der Waals surface area (Å²) in [7, 11) is 1.12. The summed E-state index contributed by atoms with van der Waals surface area (Å²) >= 11 is 0. The van der Waals surface area contributed by atoms with Crippen LogP contribution in [0.25, 0.3) is 0 Å². The van der Waals surface area contributed by atoms with Crippen molar-refractivity contribution in [3.63, 3.8) is 0 Å². The number of hydrogen-bond acceptors (Lipinski definition) is 9. The Bertz CT molecular complexity index is 1020. The molecule has 0 aliphatic heterocycles. The number of rotatable bonds is 37. The molecule has 0 radical (unpaired) electrons. The third-order valence-corrected chi connectivity index (χ3v) is 9.72. The molecule has 0 aromatic rings. The first-order valence-electron chi connectivity index (χ1n) is 20.8. The topological polar surface area (TPSA) is 131 Å². The first-order valence-corrected chi connectivity index (χ1v) is 22.3. The number of nitrogens with zero attached hydrogens (tertiary/aromatic N) is 1. The summed E-state index contributed by atoms with van der Waals surface area (Å²) in [5, 5.41) is 9.87. The van der Waals surface area contributed by atoms with Crippen molar-refractivity contribution >= 4 is 19.8 Å². The number of phosphoric ester groups is 1.